The molecule has 0 saturated heterocycles. The summed E-state index contributed by atoms with van der Waals surface area (Å²) in [5.74, 6) is -0.374. The first-order valence-corrected chi connectivity index (χ1v) is 11.0. The second-order valence-corrected chi connectivity index (χ2v) is 7.13. The normalized spacial score (nSPS) is 11.9. The van der Waals surface area contributed by atoms with Crippen LogP contribution in [-0.4, -0.2) is 30.9 Å². The molecule has 0 heterocycles. The Balaban J connectivity index is 1.82. The van der Waals surface area contributed by atoms with Crippen LogP contribution in [0.5, 0.6) is 0 Å². The van der Waals surface area contributed by atoms with E-state index in [0.29, 0.717) is 6.54 Å². The molecule has 2 aromatic rings. The summed E-state index contributed by atoms with van der Waals surface area (Å²) in [6.45, 7) is 2.40. The molecule has 1 unspecified atom stereocenters. The number of amides is 2. The van der Waals surface area contributed by atoms with Crippen LogP contribution in [0.3, 0.4) is 0 Å². The first-order chi connectivity index (χ1) is 11.6. The summed E-state index contributed by atoms with van der Waals surface area (Å²) >= 11 is 2.04. The van der Waals surface area contributed by atoms with Crippen molar-refractivity contribution >= 4 is 52.9 Å². The standard InChI is InChI=1S/C17H20IN3O2S/c1-12(21-16(22)11-20-24-18)17(23)19-10-9-14-7-4-6-13-5-2-3-8-15(13)14/h2-8,12,20H,9-11H2,1H3,(H,19,23)(H,21,22). The number of benzene rings is 2. The Hall–Kier alpha value is -1.32. The van der Waals surface area contributed by atoms with Gasteiger partial charge in [-0.25, -0.2) is 4.72 Å². The van der Waals surface area contributed by atoms with E-state index >= 15 is 0 Å². The highest BCUT2D eigenvalue weighted by Gasteiger charge is 2.14. The van der Waals surface area contributed by atoms with Crippen molar-refractivity contribution in [1.82, 2.24) is 15.4 Å². The van der Waals surface area contributed by atoms with E-state index in [0.717, 1.165) is 6.42 Å². The Bertz CT molecular complexity index is 706. The van der Waals surface area contributed by atoms with Crippen LogP contribution < -0.4 is 15.4 Å². The van der Waals surface area contributed by atoms with Gasteiger partial charge in [-0.15, -0.1) is 0 Å². The monoisotopic (exact) mass is 457 g/mol. The van der Waals surface area contributed by atoms with E-state index in [4.69, 9.17) is 0 Å². The van der Waals surface area contributed by atoms with Crippen molar-refractivity contribution in [2.45, 2.75) is 19.4 Å². The van der Waals surface area contributed by atoms with Crippen LogP contribution in [-0.2, 0) is 16.0 Å². The lowest BCUT2D eigenvalue weighted by Gasteiger charge is -2.14. The molecule has 2 aromatic carbocycles. The average molecular weight is 457 g/mol. The van der Waals surface area contributed by atoms with Crippen molar-refractivity contribution in [2.24, 2.45) is 0 Å². The molecule has 24 heavy (non-hydrogen) atoms. The zero-order valence-electron chi connectivity index (χ0n) is 13.3. The molecule has 0 radical (unpaired) electrons. The number of halogens is 1. The molecule has 0 aliphatic heterocycles. The Morgan fingerprint density at radius 1 is 1.17 bits per heavy atom. The predicted octanol–water partition coefficient (Wildman–Crippen LogP) is 2.59. The van der Waals surface area contributed by atoms with Crippen LogP contribution in [0.25, 0.3) is 10.8 Å². The fraction of sp³-hybridized carbons (Fsp3) is 0.294. The number of nitrogens with one attached hydrogen (secondary N) is 3. The van der Waals surface area contributed by atoms with Crippen LogP contribution in [0.15, 0.2) is 42.5 Å². The molecule has 0 bridgehead atoms. The number of carbonyl (C=O) groups excluding carboxylic acids is 2. The highest BCUT2D eigenvalue weighted by Crippen LogP contribution is 2.18. The molecule has 2 amide bonds. The Morgan fingerprint density at radius 3 is 2.71 bits per heavy atom. The largest absolute Gasteiger partial charge is 0.354 e. The molecule has 5 nitrogen and oxygen atoms in total. The topological polar surface area (TPSA) is 70.2 Å². The lowest BCUT2D eigenvalue weighted by Crippen LogP contribution is -2.47. The lowest BCUT2D eigenvalue weighted by molar-refractivity contribution is -0.128. The van der Waals surface area contributed by atoms with E-state index in [2.05, 4.69) is 39.6 Å². The molecule has 7 heteroatoms. The molecule has 0 aliphatic rings. The summed E-state index contributed by atoms with van der Waals surface area (Å²) in [7, 11) is 1.34. The number of hydrogen-bond donors (Lipinski definition) is 3. The van der Waals surface area contributed by atoms with Gasteiger partial charge in [-0.1, -0.05) is 42.5 Å². The van der Waals surface area contributed by atoms with Gasteiger partial charge in [0.15, 0.2) is 0 Å². The molecule has 0 aromatic heterocycles. The maximum atomic E-state index is 12.1. The minimum Gasteiger partial charge on any atom is -0.354 e. The molecule has 0 saturated carbocycles. The fourth-order valence-corrected chi connectivity index (χ4v) is 3.09. The molecule has 0 spiro atoms. The summed E-state index contributed by atoms with van der Waals surface area (Å²) < 4.78 is 2.83. The van der Waals surface area contributed by atoms with Crippen LogP contribution in [0, 0.1) is 0 Å². The highest BCUT2D eigenvalue weighted by molar-refractivity contribution is 14.2. The van der Waals surface area contributed by atoms with E-state index in [1.54, 1.807) is 6.92 Å². The van der Waals surface area contributed by atoms with E-state index in [-0.39, 0.29) is 18.4 Å². The van der Waals surface area contributed by atoms with Crippen molar-refractivity contribution in [1.29, 1.82) is 0 Å². The molecule has 0 fully saturated rings. The smallest absolute Gasteiger partial charge is 0.242 e. The van der Waals surface area contributed by atoms with Gasteiger partial charge in [-0.2, -0.15) is 0 Å². The van der Waals surface area contributed by atoms with Crippen molar-refractivity contribution in [3.05, 3.63) is 48.0 Å². The average Bonchev–Trinajstić information content (AvgIpc) is 2.60. The Labute approximate surface area is 158 Å². The van der Waals surface area contributed by atoms with Gasteiger partial charge in [0.05, 0.1) is 6.54 Å². The first kappa shape index (κ1) is 19.0. The van der Waals surface area contributed by atoms with Gasteiger partial charge in [0, 0.05) is 27.8 Å². The summed E-state index contributed by atoms with van der Waals surface area (Å²) in [5.41, 5.74) is 1.20. The SMILES string of the molecule is CC(NC(=O)CNSI)C(=O)NCCc1cccc2ccccc12. The second-order valence-electron chi connectivity index (χ2n) is 5.37. The Kier molecular flexibility index (Phi) is 7.80. The minimum absolute atomic E-state index is 0.175. The van der Waals surface area contributed by atoms with Crippen molar-refractivity contribution in [3.63, 3.8) is 0 Å². The van der Waals surface area contributed by atoms with Crippen LogP contribution in [0.1, 0.15) is 12.5 Å². The summed E-state index contributed by atoms with van der Waals surface area (Å²) in [6, 6.07) is 13.8. The number of carbonyl (C=O) groups is 2. The third-order valence-electron chi connectivity index (χ3n) is 3.63. The fourth-order valence-electron chi connectivity index (χ4n) is 2.43. The third kappa shape index (κ3) is 5.64. The summed E-state index contributed by atoms with van der Waals surface area (Å²) in [6.07, 6.45) is 0.751. The lowest BCUT2D eigenvalue weighted by atomic mass is 10.0. The number of fused-ring (bicyclic) bond motifs is 1. The molecular formula is C17H20IN3O2S. The van der Waals surface area contributed by atoms with Gasteiger partial charge in [-0.05, 0) is 38.8 Å². The Morgan fingerprint density at radius 2 is 1.92 bits per heavy atom. The van der Waals surface area contributed by atoms with E-state index in [9.17, 15) is 9.59 Å². The summed E-state index contributed by atoms with van der Waals surface area (Å²) in [5, 5.41) is 7.94. The maximum Gasteiger partial charge on any atom is 0.242 e. The number of rotatable bonds is 8. The quantitative estimate of drug-likeness (QED) is 0.421. The van der Waals surface area contributed by atoms with E-state index in [1.807, 2.05) is 39.4 Å². The minimum atomic E-state index is -0.550. The maximum absolute atomic E-state index is 12.1. The van der Waals surface area contributed by atoms with Gasteiger partial charge in [0.2, 0.25) is 11.8 Å². The molecule has 3 N–H and O–H groups in total. The van der Waals surface area contributed by atoms with Crippen LogP contribution in [0.2, 0.25) is 0 Å². The number of hydrogen-bond acceptors (Lipinski definition) is 4. The van der Waals surface area contributed by atoms with E-state index in [1.165, 1.54) is 25.5 Å². The zero-order chi connectivity index (χ0) is 17.4. The summed E-state index contributed by atoms with van der Waals surface area (Å²) in [4.78, 5) is 23.6. The highest BCUT2D eigenvalue weighted by atomic mass is 127. The molecular weight excluding hydrogens is 437 g/mol. The van der Waals surface area contributed by atoms with Crippen LogP contribution in [0.4, 0.5) is 0 Å². The first-order valence-electron chi connectivity index (χ1n) is 7.66. The van der Waals surface area contributed by atoms with Gasteiger partial charge in [0.25, 0.3) is 0 Å². The van der Waals surface area contributed by atoms with Gasteiger partial charge < -0.3 is 10.6 Å². The van der Waals surface area contributed by atoms with E-state index < -0.39 is 6.04 Å². The van der Waals surface area contributed by atoms with Crippen molar-refractivity contribution in [2.75, 3.05) is 13.1 Å². The van der Waals surface area contributed by atoms with Gasteiger partial charge >= 0.3 is 0 Å². The predicted molar refractivity (Wildman–Crippen MR) is 108 cm³/mol. The molecule has 2 rings (SSSR count). The molecule has 0 aliphatic carbocycles. The van der Waals surface area contributed by atoms with Gasteiger partial charge in [-0.3, -0.25) is 9.59 Å². The third-order valence-corrected chi connectivity index (χ3v) is 4.82. The molecule has 128 valence electrons. The van der Waals surface area contributed by atoms with Crippen molar-refractivity contribution < 1.29 is 9.59 Å². The molecule has 1 atom stereocenters. The zero-order valence-corrected chi connectivity index (χ0v) is 16.3. The van der Waals surface area contributed by atoms with Gasteiger partial charge in [0.1, 0.15) is 6.04 Å². The van der Waals surface area contributed by atoms with Crippen LogP contribution >= 0.6 is 30.3 Å². The second kappa shape index (κ2) is 9.85. The van der Waals surface area contributed by atoms with Crippen molar-refractivity contribution in [3.8, 4) is 0 Å².